The van der Waals surface area contributed by atoms with Gasteiger partial charge in [-0.15, -0.1) is 0 Å². The molecule has 0 aromatic carbocycles. The quantitative estimate of drug-likeness (QED) is 0.839. The first-order valence-corrected chi connectivity index (χ1v) is 8.22. The molecule has 0 unspecified atom stereocenters. The number of hydrogen-bond acceptors (Lipinski definition) is 6. The third-order valence-electron chi connectivity index (χ3n) is 4.42. The highest BCUT2D eigenvalue weighted by Gasteiger charge is 2.32. The molecule has 0 bridgehead atoms. The van der Waals surface area contributed by atoms with Crippen LogP contribution < -0.4 is 15.5 Å². The lowest BCUT2D eigenvalue weighted by Crippen LogP contribution is -2.42. The number of aromatic nitrogens is 3. The van der Waals surface area contributed by atoms with E-state index in [0.29, 0.717) is 11.9 Å². The number of nitrogens with zero attached hydrogens (tertiary/aromatic N) is 4. The zero-order valence-electron chi connectivity index (χ0n) is 13.2. The van der Waals surface area contributed by atoms with E-state index in [1.165, 1.54) is 32.1 Å². The molecule has 3 rings (SSSR count). The molecular weight excluding hydrogens is 264 g/mol. The molecule has 1 aliphatic heterocycles. The molecule has 1 aromatic heterocycles. The van der Waals surface area contributed by atoms with Gasteiger partial charge in [-0.3, -0.25) is 0 Å². The standard InChI is InChI=1S/C15H26N6/c1-3-9-16-12-17-13(20-15(2)7-6-8-15)19-14(18-12)21-10-4-5-11-21/h3-11H2,1-2H3,(H2,16,17,18,19,20). The maximum Gasteiger partial charge on any atom is 0.231 e. The highest BCUT2D eigenvalue weighted by molar-refractivity contribution is 5.45. The van der Waals surface area contributed by atoms with Crippen molar-refractivity contribution in [3.63, 3.8) is 0 Å². The van der Waals surface area contributed by atoms with Gasteiger partial charge in [0.05, 0.1) is 0 Å². The zero-order chi connectivity index (χ0) is 14.7. The van der Waals surface area contributed by atoms with E-state index >= 15 is 0 Å². The number of nitrogens with one attached hydrogen (secondary N) is 2. The largest absolute Gasteiger partial charge is 0.354 e. The van der Waals surface area contributed by atoms with Crippen molar-refractivity contribution in [2.45, 2.75) is 57.9 Å². The van der Waals surface area contributed by atoms with Crippen LogP contribution in [0, 0.1) is 0 Å². The molecule has 116 valence electrons. The summed E-state index contributed by atoms with van der Waals surface area (Å²) in [5, 5.41) is 6.80. The van der Waals surface area contributed by atoms with Crippen LogP contribution in [0.25, 0.3) is 0 Å². The first kappa shape index (κ1) is 14.4. The van der Waals surface area contributed by atoms with Crippen LogP contribution in [0.5, 0.6) is 0 Å². The maximum absolute atomic E-state index is 4.64. The Kier molecular flexibility index (Phi) is 4.12. The first-order valence-electron chi connectivity index (χ1n) is 8.22. The topological polar surface area (TPSA) is 66.0 Å². The van der Waals surface area contributed by atoms with E-state index in [1.807, 2.05) is 0 Å². The minimum Gasteiger partial charge on any atom is -0.354 e. The molecule has 6 nitrogen and oxygen atoms in total. The lowest BCUT2D eigenvalue weighted by Gasteiger charge is -2.39. The van der Waals surface area contributed by atoms with Gasteiger partial charge >= 0.3 is 0 Å². The van der Waals surface area contributed by atoms with Crippen molar-refractivity contribution >= 4 is 17.8 Å². The predicted molar refractivity (Wildman–Crippen MR) is 85.9 cm³/mol. The second-order valence-corrected chi connectivity index (χ2v) is 6.44. The van der Waals surface area contributed by atoms with Gasteiger partial charge in [-0.1, -0.05) is 6.92 Å². The second kappa shape index (κ2) is 6.03. The smallest absolute Gasteiger partial charge is 0.231 e. The van der Waals surface area contributed by atoms with Crippen molar-refractivity contribution < 1.29 is 0 Å². The van der Waals surface area contributed by atoms with Gasteiger partial charge in [-0.2, -0.15) is 15.0 Å². The Balaban J connectivity index is 1.80. The second-order valence-electron chi connectivity index (χ2n) is 6.44. The van der Waals surface area contributed by atoms with Gasteiger partial charge in [0.2, 0.25) is 17.8 Å². The molecule has 2 aliphatic rings. The summed E-state index contributed by atoms with van der Waals surface area (Å²) in [4.78, 5) is 16.0. The van der Waals surface area contributed by atoms with E-state index in [0.717, 1.165) is 32.0 Å². The Morgan fingerprint density at radius 1 is 1.05 bits per heavy atom. The van der Waals surface area contributed by atoms with Crippen LogP contribution in [0.2, 0.25) is 0 Å². The van der Waals surface area contributed by atoms with Crippen LogP contribution in [0.15, 0.2) is 0 Å². The molecule has 0 atom stereocenters. The summed E-state index contributed by atoms with van der Waals surface area (Å²) >= 11 is 0. The number of rotatable bonds is 6. The molecule has 1 aromatic rings. The monoisotopic (exact) mass is 290 g/mol. The van der Waals surface area contributed by atoms with E-state index in [4.69, 9.17) is 0 Å². The Hall–Kier alpha value is -1.59. The molecule has 1 saturated heterocycles. The first-order chi connectivity index (χ1) is 10.2. The van der Waals surface area contributed by atoms with Gasteiger partial charge in [0.1, 0.15) is 0 Å². The Morgan fingerprint density at radius 2 is 1.76 bits per heavy atom. The van der Waals surface area contributed by atoms with Crippen LogP contribution in [0.4, 0.5) is 17.8 Å². The van der Waals surface area contributed by atoms with Crippen molar-refractivity contribution in [2.24, 2.45) is 0 Å². The average molecular weight is 290 g/mol. The lowest BCUT2D eigenvalue weighted by atomic mass is 9.79. The van der Waals surface area contributed by atoms with Crippen molar-refractivity contribution in [1.82, 2.24) is 15.0 Å². The fraction of sp³-hybridized carbons (Fsp3) is 0.800. The molecule has 6 heteroatoms. The third kappa shape index (κ3) is 3.36. The molecule has 1 saturated carbocycles. The van der Waals surface area contributed by atoms with Gasteiger partial charge in [-0.25, -0.2) is 0 Å². The molecular formula is C15H26N6. The molecule has 1 aliphatic carbocycles. The van der Waals surface area contributed by atoms with Gasteiger partial charge in [-0.05, 0) is 45.4 Å². The average Bonchev–Trinajstić information content (AvgIpc) is 2.97. The normalized spacial score (nSPS) is 20.2. The highest BCUT2D eigenvalue weighted by atomic mass is 15.3. The minimum atomic E-state index is 0.158. The summed E-state index contributed by atoms with van der Waals surface area (Å²) < 4.78 is 0. The number of hydrogen-bond donors (Lipinski definition) is 2. The van der Waals surface area contributed by atoms with E-state index in [-0.39, 0.29) is 5.54 Å². The van der Waals surface area contributed by atoms with Gasteiger partial charge in [0, 0.05) is 25.2 Å². The fourth-order valence-corrected chi connectivity index (χ4v) is 2.90. The Labute approximate surface area is 126 Å². The van der Waals surface area contributed by atoms with Gasteiger partial charge in [0.25, 0.3) is 0 Å². The van der Waals surface area contributed by atoms with Crippen LogP contribution >= 0.6 is 0 Å². The SMILES string of the molecule is CCCNc1nc(NC2(C)CCC2)nc(N2CCCC2)n1. The summed E-state index contributed by atoms with van der Waals surface area (Å²) in [7, 11) is 0. The fourth-order valence-electron chi connectivity index (χ4n) is 2.90. The number of anilines is 3. The van der Waals surface area contributed by atoms with Crippen LogP contribution in [0.1, 0.15) is 52.4 Å². The molecule has 2 N–H and O–H groups in total. The molecule has 2 fully saturated rings. The van der Waals surface area contributed by atoms with Crippen molar-refractivity contribution in [2.75, 3.05) is 35.2 Å². The summed E-state index contributed by atoms with van der Waals surface area (Å²) in [6.07, 6.45) is 7.18. The lowest BCUT2D eigenvalue weighted by molar-refractivity contribution is 0.304. The summed E-state index contributed by atoms with van der Waals surface area (Å²) in [6.45, 7) is 7.38. The predicted octanol–water partition coefficient (Wildman–Crippen LogP) is 2.65. The third-order valence-corrected chi connectivity index (χ3v) is 4.42. The zero-order valence-corrected chi connectivity index (χ0v) is 13.2. The molecule has 21 heavy (non-hydrogen) atoms. The van der Waals surface area contributed by atoms with Gasteiger partial charge in [0.15, 0.2) is 0 Å². The van der Waals surface area contributed by atoms with Crippen LogP contribution in [0.3, 0.4) is 0 Å². The van der Waals surface area contributed by atoms with E-state index in [2.05, 4.69) is 44.3 Å². The van der Waals surface area contributed by atoms with Crippen LogP contribution in [-0.4, -0.2) is 40.1 Å². The Morgan fingerprint density at radius 3 is 2.38 bits per heavy atom. The van der Waals surface area contributed by atoms with Crippen molar-refractivity contribution in [3.8, 4) is 0 Å². The molecule has 0 radical (unpaired) electrons. The van der Waals surface area contributed by atoms with E-state index < -0.39 is 0 Å². The van der Waals surface area contributed by atoms with E-state index in [1.54, 1.807) is 0 Å². The molecule has 0 spiro atoms. The molecule has 2 heterocycles. The maximum atomic E-state index is 4.64. The van der Waals surface area contributed by atoms with Crippen molar-refractivity contribution in [1.29, 1.82) is 0 Å². The summed E-state index contributed by atoms with van der Waals surface area (Å²) in [6, 6.07) is 0. The minimum absolute atomic E-state index is 0.158. The van der Waals surface area contributed by atoms with Crippen LogP contribution in [-0.2, 0) is 0 Å². The highest BCUT2D eigenvalue weighted by Crippen LogP contribution is 2.34. The summed E-state index contributed by atoms with van der Waals surface area (Å²) in [5.74, 6) is 2.22. The van der Waals surface area contributed by atoms with E-state index in [9.17, 15) is 0 Å². The van der Waals surface area contributed by atoms with Crippen molar-refractivity contribution in [3.05, 3.63) is 0 Å². The Bertz CT molecular complexity index is 479. The van der Waals surface area contributed by atoms with Gasteiger partial charge < -0.3 is 15.5 Å². The molecule has 0 amide bonds. The summed E-state index contributed by atoms with van der Waals surface area (Å²) in [5.41, 5.74) is 0.158.